The maximum atomic E-state index is 13.3. The maximum absolute atomic E-state index is 13.3. The fourth-order valence-corrected chi connectivity index (χ4v) is 5.26. The van der Waals surface area contributed by atoms with Gasteiger partial charge in [-0.2, -0.15) is 5.10 Å². The van der Waals surface area contributed by atoms with Crippen LogP contribution in [0.3, 0.4) is 0 Å². The molecule has 1 aliphatic heterocycles. The van der Waals surface area contributed by atoms with Gasteiger partial charge in [0.05, 0.1) is 38.2 Å². The molecule has 4 aromatic rings. The number of esters is 2. The summed E-state index contributed by atoms with van der Waals surface area (Å²) in [5.74, 6) is -2.81. The Morgan fingerprint density at radius 3 is 2.70 bits per heavy atom. The molecule has 5 rings (SSSR count). The first kappa shape index (κ1) is 21.0. The Labute approximate surface area is 191 Å². The summed E-state index contributed by atoms with van der Waals surface area (Å²) in [4.78, 5) is 46.5. The summed E-state index contributed by atoms with van der Waals surface area (Å²) >= 11 is 1.14. The number of aryl methyl sites for hydroxylation is 1. The number of aliphatic imine (C=N–C) groups is 1. The molecule has 0 atom stereocenters. The highest BCUT2D eigenvalue weighted by Crippen LogP contribution is 2.34. The molecule has 0 unspecified atom stereocenters. The third kappa shape index (κ3) is 3.23. The molecule has 0 fully saturated rings. The van der Waals surface area contributed by atoms with E-state index in [9.17, 15) is 14.4 Å². The largest absolute Gasteiger partial charge is 0.468 e. The smallest absolute Gasteiger partial charge is 0.327 e. The fourth-order valence-electron chi connectivity index (χ4n) is 4.08. The number of aromatic nitrogens is 4. The van der Waals surface area contributed by atoms with Crippen LogP contribution in [0, 0.1) is 0 Å². The van der Waals surface area contributed by atoms with E-state index in [1.807, 2.05) is 24.4 Å². The quantitative estimate of drug-likeness (QED) is 0.326. The first-order valence-corrected chi connectivity index (χ1v) is 10.9. The van der Waals surface area contributed by atoms with Crippen molar-refractivity contribution in [1.82, 2.24) is 19.3 Å². The highest BCUT2D eigenvalue weighted by Gasteiger charge is 2.35. The molecular formula is C22H19N5O5S. The van der Waals surface area contributed by atoms with Crippen molar-refractivity contribution in [3.63, 3.8) is 0 Å². The summed E-state index contributed by atoms with van der Waals surface area (Å²) in [5, 5.41) is 5.23. The molecule has 0 N–H and O–H groups in total. The Bertz CT molecular complexity index is 1510. The number of nitrogens with zero attached hydrogens (tertiary/aromatic N) is 5. The van der Waals surface area contributed by atoms with Gasteiger partial charge in [0.25, 0.3) is 5.56 Å². The molecule has 1 aliphatic rings. The number of rotatable bonds is 5. The number of fused-ring (bicyclic) bond motifs is 4. The topological polar surface area (TPSA) is 118 Å². The van der Waals surface area contributed by atoms with Crippen molar-refractivity contribution >= 4 is 50.7 Å². The predicted octanol–water partition coefficient (Wildman–Crippen LogP) is 1.76. The van der Waals surface area contributed by atoms with Crippen LogP contribution in [0.15, 0.2) is 34.2 Å². The van der Waals surface area contributed by atoms with Gasteiger partial charge in [0.2, 0.25) is 5.92 Å². The lowest BCUT2D eigenvalue weighted by Gasteiger charge is -2.10. The van der Waals surface area contributed by atoms with Crippen molar-refractivity contribution in [2.24, 2.45) is 12.0 Å². The van der Waals surface area contributed by atoms with Crippen LogP contribution in [0.4, 0.5) is 0 Å². The molecule has 0 radical (unpaired) electrons. The molecule has 0 spiro atoms. The minimum atomic E-state index is -1.29. The van der Waals surface area contributed by atoms with Gasteiger partial charge in [0, 0.05) is 24.2 Å². The Kier molecular flexibility index (Phi) is 5.05. The van der Waals surface area contributed by atoms with E-state index in [2.05, 4.69) is 15.1 Å². The van der Waals surface area contributed by atoms with Gasteiger partial charge >= 0.3 is 11.9 Å². The van der Waals surface area contributed by atoms with Crippen LogP contribution in [0.1, 0.15) is 27.6 Å². The molecule has 0 aliphatic carbocycles. The number of ether oxygens (including phenoxy) is 2. The number of methoxy groups -OCH3 is 2. The van der Waals surface area contributed by atoms with Gasteiger partial charge in [0.15, 0.2) is 5.65 Å². The summed E-state index contributed by atoms with van der Waals surface area (Å²) < 4.78 is 13.2. The first-order chi connectivity index (χ1) is 15.9. The van der Waals surface area contributed by atoms with Crippen LogP contribution in [-0.2, 0) is 39.2 Å². The molecule has 0 bridgehead atoms. The van der Waals surface area contributed by atoms with E-state index in [1.165, 1.54) is 18.9 Å². The van der Waals surface area contributed by atoms with Crippen molar-refractivity contribution in [3.8, 4) is 0 Å². The number of hydrogen-bond acceptors (Lipinski definition) is 9. The Balaban J connectivity index is 1.61. The summed E-state index contributed by atoms with van der Waals surface area (Å²) in [6.07, 6.45) is 3.45. The minimum absolute atomic E-state index is 0.236. The lowest BCUT2D eigenvalue weighted by atomic mass is 10.0. The van der Waals surface area contributed by atoms with E-state index in [-0.39, 0.29) is 10.6 Å². The predicted molar refractivity (Wildman–Crippen MR) is 122 cm³/mol. The lowest BCUT2D eigenvalue weighted by Crippen LogP contribution is -2.25. The van der Waals surface area contributed by atoms with E-state index in [0.29, 0.717) is 34.3 Å². The van der Waals surface area contributed by atoms with Crippen molar-refractivity contribution in [2.75, 3.05) is 14.2 Å². The van der Waals surface area contributed by atoms with Crippen molar-refractivity contribution in [3.05, 3.63) is 56.4 Å². The Hall–Kier alpha value is -3.86. The van der Waals surface area contributed by atoms with Crippen molar-refractivity contribution in [2.45, 2.75) is 19.0 Å². The standard InChI is InChI=1S/C22H19N5O5S/c1-26-16-14(17-18(26)25-19(33-17)15(21(29)31-2)22(30)32-3)9-24-27(20(16)28)10-12-6-4-5-11-7-23-8-13(11)12/h4-6,8-9,15H,7,10H2,1-3H3. The van der Waals surface area contributed by atoms with E-state index < -0.39 is 17.9 Å². The fraction of sp³-hybridized carbons (Fsp3) is 0.273. The Morgan fingerprint density at radius 2 is 1.97 bits per heavy atom. The average Bonchev–Trinajstić information content (AvgIpc) is 3.52. The first-order valence-electron chi connectivity index (χ1n) is 10.1. The van der Waals surface area contributed by atoms with Gasteiger partial charge in [0.1, 0.15) is 10.5 Å². The van der Waals surface area contributed by atoms with Gasteiger partial charge in [-0.25, -0.2) is 9.67 Å². The normalized spacial score (nSPS) is 12.6. The monoisotopic (exact) mass is 465 g/mol. The van der Waals surface area contributed by atoms with E-state index in [1.54, 1.807) is 17.8 Å². The second-order valence-electron chi connectivity index (χ2n) is 7.57. The minimum Gasteiger partial charge on any atom is -0.468 e. The van der Waals surface area contributed by atoms with E-state index in [4.69, 9.17) is 9.47 Å². The second-order valence-corrected chi connectivity index (χ2v) is 8.60. The van der Waals surface area contributed by atoms with Crippen LogP contribution in [-0.4, -0.2) is 51.7 Å². The number of hydrogen-bond donors (Lipinski definition) is 0. The van der Waals surface area contributed by atoms with Crippen molar-refractivity contribution < 1.29 is 19.1 Å². The molecular weight excluding hydrogens is 446 g/mol. The number of carbonyl (C=O) groups excluding carboxylic acids is 2. The van der Waals surface area contributed by atoms with Crippen LogP contribution < -0.4 is 5.56 Å². The molecule has 4 heterocycles. The molecule has 10 nitrogen and oxygen atoms in total. The van der Waals surface area contributed by atoms with Gasteiger partial charge in [-0.1, -0.05) is 18.2 Å². The molecule has 0 amide bonds. The SMILES string of the molecule is COC(=O)C(C(=O)OC)c1nc2c(s1)c1cnn(Cc3cccc4c3C=NC4)c(=O)c1n2C. The number of benzene rings is 1. The summed E-state index contributed by atoms with van der Waals surface area (Å²) in [7, 11) is 4.11. The van der Waals surface area contributed by atoms with E-state index >= 15 is 0 Å². The van der Waals surface area contributed by atoms with Crippen LogP contribution in [0.2, 0.25) is 0 Å². The third-order valence-corrected chi connectivity index (χ3v) is 6.89. The lowest BCUT2D eigenvalue weighted by molar-refractivity contribution is -0.154. The van der Waals surface area contributed by atoms with Gasteiger partial charge in [-0.15, -0.1) is 11.3 Å². The second kappa shape index (κ2) is 7.93. The average molecular weight is 465 g/mol. The molecule has 33 heavy (non-hydrogen) atoms. The highest BCUT2D eigenvalue weighted by atomic mass is 32.1. The zero-order chi connectivity index (χ0) is 23.3. The molecule has 11 heteroatoms. The zero-order valence-corrected chi connectivity index (χ0v) is 18.9. The number of carbonyl (C=O) groups is 2. The van der Waals surface area contributed by atoms with Crippen LogP contribution in [0.25, 0.3) is 21.3 Å². The van der Waals surface area contributed by atoms with Crippen LogP contribution >= 0.6 is 11.3 Å². The zero-order valence-electron chi connectivity index (χ0n) is 18.1. The highest BCUT2D eigenvalue weighted by molar-refractivity contribution is 7.19. The summed E-state index contributed by atoms with van der Waals surface area (Å²) in [6, 6.07) is 5.94. The van der Waals surface area contributed by atoms with Crippen molar-refractivity contribution in [1.29, 1.82) is 0 Å². The third-order valence-electron chi connectivity index (χ3n) is 5.75. The molecule has 3 aromatic heterocycles. The van der Waals surface area contributed by atoms with Gasteiger partial charge in [-0.05, 0) is 11.1 Å². The van der Waals surface area contributed by atoms with Gasteiger partial charge < -0.3 is 14.0 Å². The van der Waals surface area contributed by atoms with Crippen LogP contribution in [0.5, 0.6) is 0 Å². The summed E-state index contributed by atoms with van der Waals surface area (Å²) in [6.45, 7) is 0.957. The maximum Gasteiger partial charge on any atom is 0.327 e. The number of thiazole rings is 1. The molecule has 0 saturated heterocycles. The summed E-state index contributed by atoms with van der Waals surface area (Å²) in [5.41, 5.74) is 3.79. The molecule has 168 valence electrons. The molecule has 0 saturated carbocycles. The molecule has 1 aromatic carbocycles. The van der Waals surface area contributed by atoms with E-state index in [0.717, 1.165) is 28.0 Å². The van der Waals surface area contributed by atoms with Gasteiger partial charge in [-0.3, -0.25) is 19.4 Å². The Morgan fingerprint density at radius 1 is 1.21 bits per heavy atom.